The minimum absolute atomic E-state index is 0.583. The van der Waals surface area contributed by atoms with Gasteiger partial charge in [0.05, 0.1) is 6.54 Å². The van der Waals surface area contributed by atoms with Crippen molar-refractivity contribution < 1.29 is 9.53 Å². The van der Waals surface area contributed by atoms with E-state index in [1.165, 1.54) is 11.1 Å². The fraction of sp³-hybridized carbons (Fsp3) is 0.0909. The minimum atomic E-state index is 0.583. The predicted octanol–water partition coefficient (Wildman–Crippen LogP) is 4.81. The summed E-state index contributed by atoms with van der Waals surface area (Å²) in [5, 5.41) is 0. The number of hydrogen-bond donors (Lipinski definition) is 0. The standard InChI is InChI=1S/C22H17NO2/c1-15-2-6-17(7-3-15)19-10-11-21-20(12-19)13-23-22(25-21)18-8-4-16(14-24)5-9-18/h2-12,14H,13H2,1H3. The quantitative estimate of drug-likeness (QED) is 0.647. The molecule has 3 aromatic carbocycles. The molecule has 3 heteroatoms. The maximum absolute atomic E-state index is 10.8. The molecule has 0 saturated carbocycles. The summed E-state index contributed by atoms with van der Waals surface area (Å²) in [6.07, 6.45) is 0.829. The lowest BCUT2D eigenvalue weighted by Crippen LogP contribution is -2.16. The zero-order chi connectivity index (χ0) is 17.2. The summed E-state index contributed by atoms with van der Waals surface area (Å²) in [5.74, 6) is 1.42. The van der Waals surface area contributed by atoms with Crippen LogP contribution in [0.5, 0.6) is 5.75 Å². The van der Waals surface area contributed by atoms with Crippen molar-refractivity contribution in [2.24, 2.45) is 4.99 Å². The number of hydrogen-bond acceptors (Lipinski definition) is 3. The molecule has 4 rings (SSSR count). The molecule has 0 aliphatic carbocycles. The van der Waals surface area contributed by atoms with Crippen molar-refractivity contribution in [2.45, 2.75) is 13.5 Å². The molecule has 3 nitrogen and oxygen atoms in total. The third kappa shape index (κ3) is 3.09. The van der Waals surface area contributed by atoms with E-state index in [0.717, 1.165) is 28.7 Å². The van der Waals surface area contributed by atoms with Gasteiger partial charge in [0.1, 0.15) is 12.0 Å². The fourth-order valence-corrected chi connectivity index (χ4v) is 2.88. The van der Waals surface area contributed by atoms with Gasteiger partial charge in [-0.2, -0.15) is 0 Å². The van der Waals surface area contributed by atoms with Crippen LogP contribution in [0.4, 0.5) is 0 Å². The van der Waals surface area contributed by atoms with Gasteiger partial charge in [0, 0.05) is 16.7 Å². The van der Waals surface area contributed by atoms with Crippen molar-refractivity contribution in [2.75, 3.05) is 0 Å². The van der Waals surface area contributed by atoms with Gasteiger partial charge in [0.25, 0.3) is 0 Å². The van der Waals surface area contributed by atoms with Crippen LogP contribution in [0.1, 0.15) is 27.0 Å². The van der Waals surface area contributed by atoms with Gasteiger partial charge in [-0.15, -0.1) is 0 Å². The predicted molar refractivity (Wildman–Crippen MR) is 99.3 cm³/mol. The van der Waals surface area contributed by atoms with Crippen LogP contribution in [-0.2, 0) is 6.54 Å². The SMILES string of the molecule is Cc1ccc(-c2ccc3c(c2)CN=C(c2ccc(C=O)cc2)O3)cc1. The van der Waals surface area contributed by atoms with Gasteiger partial charge in [-0.05, 0) is 42.3 Å². The summed E-state index contributed by atoms with van der Waals surface area (Å²) >= 11 is 0. The molecule has 0 saturated heterocycles. The number of benzene rings is 3. The molecule has 0 spiro atoms. The number of fused-ring (bicyclic) bond motifs is 1. The van der Waals surface area contributed by atoms with Gasteiger partial charge in [-0.25, -0.2) is 4.99 Å². The molecule has 0 bridgehead atoms. The van der Waals surface area contributed by atoms with Gasteiger partial charge in [-0.1, -0.05) is 48.0 Å². The lowest BCUT2D eigenvalue weighted by molar-refractivity contribution is 0.112. The Balaban J connectivity index is 1.60. The first-order valence-electron chi connectivity index (χ1n) is 8.21. The van der Waals surface area contributed by atoms with Gasteiger partial charge in [0.15, 0.2) is 0 Å². The number of ether oxygens (including phenoxy) is 1. The number of carbonyl (C=O) groups excluding carboxylic acids is 1. The van der Waals surface area contributed by atoms with Crippen LogP contribution < -0.4 is 4.74 Å². The van der Waals surface area contributed by atoms with E-state index in [4.69, 9.17) is 4.74 Å². The Hall–Kier alpha value is -3.20. The summed E-state index contributed by atoms with van der Waals surface area (Å²) in [5.41, 5.74) is 6.19. The van der Waals surface area contributed by atoms with Gasteiger partial charge in [0.2, 0.25) is 5.90 Å². The number of rotatable bonds is 3. The topological polar surface area (TPSA) is 38.7 Å². The molecule has 1 aliphatic rings. The van der Waals surface area contributed by atoms with Gasteiger partial charge >= 0.3 is 0 Å². The highest BCUT2D eigenvalue weighted by atomic mass is 16.5. The minimum Gasteiger partial charge on any atom is -0.438 e. The second-order valence-electron chi connectivity index (χ2n) is 6.15. The Morgan fingerprint density at radius 3 is 2.28 bits per heavy atom. The summed E-state index contributed by atoms with van der Waals surface area (Å²) in [7, 11) is 0. The number of aliphatic imine (C=N–C) groups is 1. The van der Waals surface area contributed by atoms with Crippen LogP contribution in [0.3, 0.4) is 0 Å². The van der Waals surface area contributed by atoms with Crippen molar-refractivity contribution in [3.05, 3.63) is 89.0 Å². The number of aldehydes is 1. The summed E-state index contributed by atoms with van der Waals surface area (Å²) in [6.45, 7) is 2.67. The van der Waals surface area contributed by atoms with E-state index in [9.17, 15) is 4.79 Å². The molecule has 0 aromatic heterocycles. The number of aryl methyl sites for hydroxylation is 1. The lowest BCUT2D eigenvalue weighted by atomic mass is 10.0. The summed E-state index contributed by atoms with van der Waals surface area (Å²) in [6, 6.07) is 21.9. The Bertz CT molecular complexity index is 954. The number of nitrogens with zero attached hydrogens (tertiary/aromatic N) is 1. The van der Waals surface area contributed by atoms with Crippen LogP contribution in [0.15, 0.2) is 71.7 Å². The van der Waals surface area contributed by atoms with E-state index in [2.05, 4.69) is 48.3 Å². The molecule has 0 unspecified atom stereocenters. The van der Waals surface area contributed by atoms with Crippen molar-refractivity contribution in [3.63, 3.8) is 0 Å². The lowest BCUT2D eigenvalue weighted by Gasteiger charge is -2.18. The Morgan fingerprint density at radius 2 is 1.56 bits per heavy atom. The highest BCUT2D eigenvalue weighted by Gasteiger charge is 2.16. The third-order valence-electron chi connectivity index (χ3n) is 4.34. The van der Waals surface area contributed by atoms with E-state index < -0.39 is 0 Å². The second-order valence-corrected chi connectivity index (χ2v) is 6.15. The highest BCUT2D eigenvalue weighted by molar-refractivity contribution is 5.97. The van der Waals surface area contributed by atoms with E-state index in [1.54, 1.807) is 12.1 Å². The van der Waals surface area contributed by atoms with E-state index in [1.807, 2.05) is 18.2 Å². The monoisotopic (exact) mass is 327 g/mol. The Morgan fingerprint density at radius 1 is 0.880 bits per heavy atom. The molecule has 0 fully saturated rings. The second kappa shape index (κ2) is 6.36. The van der Waals surface area contributed by atoms with Crippen LogP contribution in [0.25, 0.3) is 11.1 Å². The maximum Gasteiger partial charge on any atom is 0.222 e. The molecule has 1 heterocycles. The van der Waals surface area contributed by atoms with Gasteiger partial charge < -0.3 is 4.74 Å². The molecule has 0 atom stereocenters. The average molecular weight is 327 g/mol. The highest BCUT2D eigenvalue weighted by Crippen LogP contribution is 2.30. The molecular formula is C22H17NO2. The van der Waals surface area contributed by atoms with Crippen LogP contribution in [0.2, 0.25) is 0 Å². The summed E-state index contributed by atoms with van der Waals surface area (Å²) in [4.78, 5) is 15.3. The molecule has 122 valence electrons. The van der Waals surface area contributed by atoms with E-state index in [0.29, 0.717) is 18.0 Å². The number of carbonyl (C=O) groups is 1. The van der Waals surface area contributed by atoms with Crippen molar-refractivity contribution >= 4 is 12.2 Å². The molecule has 1 aliphatic heterocycles. The molecule has 0 amide bonds. The fourth-order valence-electron chi connectivity index (χ4n) is 2.88. The largest absolute Gasteiger partial charge is 0.438 e. The van der Waals surface area contributed by atoms with Crippen LogP contribution >= 0.6 is 0 Å². The Labute approximate surface area is 146 Å². The molecule has 3 aromatic rings. The molecule has 0 N–H and O–H groups in total. The van der Waals surface area contributed by atoms with Crippen LogP contribution in [-0.4, -0.2) is 12.2 Å². The van der Waals surface area contributed by atoms with E-state index in [-0.39, 0.29) is 0 Å². The van der Waals surface area contributed by atoms with Gasteiger partial charge in [-0.3, -0.25) is 4.79 Å². The van der Waals surface area contributed by atoms with Crippen molar-refractivity contribution in [1.82, 2.24) is 0 Å². The first-order chi connectivity index (χ1) is 12.2. The smallest absolute Gasteiger partial charge is 0.222 e. The van der Waals surface area contributed by atoms with E-state index >= 15 is 0 Å². The van der Waals surface area contributed by atoms with Crippen LogP contribution in [0, 0.1) is 6.92 Å². The Kier molecular flexibility index (Phi) is 3.90. The zero-order valence-corrected chi connectivity index (χ0v) is 13.9. The molecule has 25 heavy (non-hydrogen) atoms. The zero-order valence-electron chi connectivity index (χ0n) is 13.9. The first kappa shape index (κ1) is 15.3. The summed E-state index contributed by atoms with van der Waals surface area (Å²) < 4.78 is 5.96. The maximum atomic E-state index is 10.8. The molecule has 0 radical (unpaired) electrons. The normalized spacial score (nSPS) is 12.8. The average Bonchev–Trinajstić information content (AvgIpc) is 2.68. The van der Waals surface area contributed by atoms with Crippen molar-refractivity contribution in [1.29, 1.82) is 0 Å². The van der Waals surface area contributed by atoms with Crippen molar-refractivity contribution in [3.8, 4) is 16.9 Å². The first-order valence-corrected chi connectivity index (χ1v) is 8.21. The third-order valence-corrected chi connectivity index (χ3v) is 4.34. The molecular weight excluding hydrogens is 310 g/mol.